The van der Waals surface area contributed by atoms with E-state index in [0.717, 1.165) is 6.42 Å². The largest absolute Gasteiger partial charge is 0.0622 e. The molecule has 0 radical (unpaired) electrons. The van der Waals surface area contributed by atoms with Gasteiger partial charge in [-0.05, 0) is 56.6 Å². The fraction of sp³-hybridized carbons (Fsp3) is 0.0435. The molecule has 23 heavy (non-hydrogen) atoms. The Labute approximate surface area is 136 Å². The molecule has 0 aromatic heterocycles. The van der Waals surface area contributed by atoms with E-state index in [1.54, 1.807) is 0 Å². The Bertz CT molecular complexity index is 1030. The van der Waals surface area contributed by atoms with Gasteiger partial charge in [-0.1, -0.05) is 78.9 Å². The predicted octanol–water partition coefficient (Wildman–Crippen LogP) is 6.08. The van der Waals surface area contributed by atoms with Crippen LogP contribution in [0.15, 0.2) is 84.9 Å². The number of fused-ring (bicyclic) bond motifs is 5. The monoisotopic (exact) mass is 292 g/mol. The minimum Gasteiger partial charge on any atom is -0.0622 e. The first kappa shape index (κ1) is 12.7. The van der Waals surface area contributed by atoms with Gasteiger partial charge in [0.25, 0.3) is 0 Å². The quantitative estimate of drug-likeness (QED) is 0.351. The second kappa shape index (κ2) is 4.82. The molecule has 0 saturated heterocycles. The van der Waals surface area contributed by atoms with Gasteiger partial charge in [-0.15, -0.1) is 0 Å². The van der Waals surface area contributed by atoms with E-state index in [9.17, 15) is 0 Å². The van der Waals surface area contributed by atoms with Gasteiger partial charge >= 0.3 is 0 Å². The average molecular weight is 292 g/mol. The van der Waals surface area contributed by atoms with E-state index >= 15 is 0 Å². The van der Waals surface area contributed by atoms with Gasteiger partial charge in [0, 0.05) is 0 Å². The number of hydrogen-bond donors (Lipinski definition) is 0. The first-order chi connectivity index (χ1) is 11.4. The van der Waals surface area contributed by atoms with Crippen LogP contribution in [-0.4, -0.2) is 0 Å². The summed E-state index contributed by atoms with van der Waals surface area (Å²) in [6.45, 7) is 0. The van der Waals surface area contributed by atoms with Crippen LogP contribution in [0.4, 0.5) is 0 Å². The zero-order chi connectivity index (χ0) is 15.2. The van der Waals surface area contributed by atoms with Crippen molar-refractivity contribution in [3.05, 3.63) is 96.1 Å². The molecule has 0 nitrogen and oxygen atoms in total. The summed E-state index contributed by atoms with van der Waals surface area (Å²) in [5.41, 5.74) is 8.38. The summed E-state index contributed by atoms with van der Waals surface area (Å²) < 4.78 is 0. The van der Waals surface area contributed by atoms with Crippen molar-refractivity contribution >= 4 is 10.8 Å². The standard InChI is InChI=1S/C23H16/c1-2-8-16(9-3-1)21-14-17-10-4-6-12-19(17)22-15-18-11-5-7-13-20(18)23(21)22/h1-14H,15H2. The van der Waals surface area contributed by atoms with Crippen LogP contribution in [0, 0.1) is 0 Å². The Hall–Kier alpha value is -2.86. The summed E-state index contributed by atoms with van der Waals surface area (Å²) >= 11 is 0. The molecule has 0 unspecified atom stereocenters. The molecule has 108 valence electrons. The maximum atomic E-state index is 2.35. The van der Waals surface area contributed by atoms with Crippen molar-refractivity contribution < 1.29 is 0 Å². The highest BCUT2D eigenvalue weighted by Gasteiger charge is 2.23. The Morgan fingerprint density at radius 1 is 0.609 bits per heavy atom. The van der Waals surface area contributed by atoms with E-state index in [0.29, 0.717) is 0 Å². The molecule has 0 N–H and O–H groups in total. The van der Waals surface area contributed by atoms with E-state index in [-0.39, 0.29) is 0 Å². The Morgan fingerprint density at radius 3 is 2.26 bits per heavy atom. The van der Waals surface area contributed by atoms with E-state index in [4.69, 9.17) is 0 Å². The maximum absolute atomic E-state index is 2.35. The van der Waals surface area contributed by atoms with Gasteiger partial charge in [0.1, 0.15) is 0 Å². The van der Waals surface area contributed by atoms with Crippen molar-refractivity contribution in [2.45, 2.75) is 6.42 Å². The number of hydrogen-bond acceptors (Lipinski definition) is 0. The van der Waals surface area contributed by atoms with Crippen molar-refractivity contribution in [2.75, 3.05) is 0 Å². The molecule has 0 spiro atoms. The molecule has 0 heterocycles. The van der Waals surface area contributed by atoms with Gasteiger partial charge in [0.05, 0.1) is 0 Å². The molecule has 0 amide bonds. The molecule has 0 fully saturated rings. The van der Waals surface area contributed by atoms with Crippen molar-refractivity contribution in [3.8, 4) is 22.3 Å². The van der Waals surface area contributed by atoms with E-state index in [2.05, 4.69) is 84.9 Å². The van der Waals surface area contributed by atoms with Crippen LogP contribution in [0.3, 0.4) is 0 Å². The third-order valence-corrected chi connectivity index (χ3v) is 4.90. The summed E-state index contributed by atoms with van der Waals surface area (Å²) in [5, 5.41) is 2.72. The summed E-state index contributed by atoms with van der Waals surface area (Å²) in [5.74, 6) is 0. The highest BCUT2D eigenvalue weighted by Crippen LogP contribution is 2.46. The molecule has 0 heteroatoms. The SMILES string of the molecule is c1ccc(-c2cc3ccccc3c3c2-c2ccccc2C3)cc1. The molecule has 1 aliphatic carbocycles. The Balaban J connectivity index is 1.93. The van der Waals surface area contributed by atoms with Crippen LogP contribution in [0.1, 0.15) is 11.1 Å². The third kappa shape index (κ3) is 1.85. The molecule has 5 rings (SSSR count). The van der Waals surface area contributed by atoms with Crippen LogP contribution < -0.4 is 0 Å². The molecule has 0 aliphatic heterocycles. The minimum atomic E-state index is 1.03. The zero-order valence-corrected chi connectivity index (χ0v) is 12.8. The summed E-state index contributed by atoms with van der Waals surface area (Å²) in [4.78, 5) is 0. The van der Waals surface area contributed by atoms with E-state index in [1.807, 2.05) is 0 Å². The molecule has 4 aromatic carbocycles. The van der Waals surface area contributed by atoms with Gasteiger partial charge in [0.15, 0.2) is 0 Å². The molecular weight excluding hydrogens is 276 g/mol. The number of rotatable bonds is 1. The fourth-order valence-corrected chi connectivity index (χ4v) is 3.87. The lowest BCUT2D eigenvalue weighted by Gasteiger charge is -2.13. The molecule has 0 bridgehead atoms. The van der Waals surface area contributed by atoms with Crippen molar-refractivity contribution in [3.63, 3.8) is 0 Å². The zero-order valence-electron chi connectivity index (χ0n) is 12.8. The molecule has 1 aliphatic rings. The first-order valence-corrected chi connectivity index (χ1v) is 8.10. The van der Waals surface area contributed by atoms with E-state index < -0.39 is 0 Å². The van der Waals surface area contributed by atoms with Gasteiger partial charge in [-0.2, -0.15) is 0 Å². The molecule has 4 aromatic rings. The average Bonchev–Trinajstić information content (AvgIpc) is 3.02. The van der Waals surface area contributed by atoms with Gasteiger partial charge < -0.3 is 0 Å². The van der Waals surface area contributed by atoms with Crippen LogP contribution in [0.5, 0.6) is 0 Å². The topological polar surface area (TPSA) is 0 Å². The van der Waals surface area contributed by atoms with Crippen molar-refractivity contribution in [1.29, 1.82) is 0 Å². The third-order valence-electron chi connectivity index (χ3n) is 4.90. The van der Waals surface area contributed by atoms with Crippen LogP contribution in [0.25, 0.3) is 33.0 Å². The maximum Gasteiger partial charge on any atom is -0.000706 e. The molecule has 0 atom stereocenters. The molecule has 0 saturated carbocycles. The van der Waals surface area contributed by atoms with Gasteiger partial charge in [0.2, 0.25) is 0 Å². The van der Waals surface area contributed by atoms with Gasteiger partial charge in [-0.3, -0.25) is 0 Å². The van der Waals surface area contributed by atoms with Crippen LogP contribution >= 0.6 is 0 Å². The predicted molar refractivity (Wildman–Crippen MR) is 97.6 cm³/mol. The summed E-state index contributed by atoms with van der Waals surface area (Å²) in [6, 6.07) is 30.7. The lowest BCUT2D eigenvalue weighted by Crippen LogP contribution is -1.89. The van der Waals surface area contributed by atoms with Gasteiger partial charge in [-0.25, -0.2) is 0 Å². The van der Waals surface area contributed by atoms with Crippen LogP contribution in [0.2, 0.25) is 0 Å². The first-order valence-electron chi connectivity index (χ1n) is 8.10. The van der Waals surface area contributed by atoms with Crippen molar-refractivity contribution in [2.24, 2.45) is 0 Å². The Morgan fingerprint density at radius 2 is 1.35 bits per heavy atom. The Kier molecular flexibility index (Phi) is 2.65. The lowest BCUT2D eigenvalue weighted by molar-refractivity contribution is 1.28. The molecular formula is C23H16. The highest BCUT2D eigenvalue weighted by atomic mass is 14.3. The number of benzene rings is 4. The fourth-order valence-electron chi connectivity index (χ4n) is 3.87. The van der Waals surface area contributed by atoms with E-state index in [1.165, 1.54) is 44.2 Å². The van der Waals surface area contributed by atoms with Crippen molar-refractivity contribution in [1.82, 2.24) is 0 Å². The van der Waals surface area contributed by atoms with Crippen LogP contribution in [-0.2, 0) is 6.42 Å². The summed E-state index contributed by atoms with van der Waals surface area (Å²) in [7, 11) is 0. The highest BCUT2D eigenvalue weighted by molar-refractivity contribution is 6.02. The second-order valence-corrected chi connectivity index (χ2v) is 6.20. The minimum absolute atomic E-state index is 1.03. The smallest absolute Gasteiger partial charge is 0.000706 e. The normalized spacial score (nSPS) is 12.2. The summed E-state index contributed by atoms with van der Waals surface area (Å²) in [6.07, 6.45) is 1.03. The lowest BCUT2D eigenvalue weighted by atomic mass is 9.90. The second-order valence-electron chi connectivity index (χ2n) is 6.20.